The van der Waals surface area contributed by atoms with Crippen LogP contribution in [0.5, 0.6) is 0 Å². The van der Waals surface area contributed by atoms with E-state index in [9.17, 15) is 4.79 Å². The molecule has 0 N–H and O–H groups in total. The summed E-state index contributed by atoms with van der Waals surface area (Å²) in [5.74, 6) is -1.12. The topological polar surface area (TPSA) is 78.9 Å². The van der Waals surface area contributed by atoms with Gasteiger partial charge in [0, 0.05) is 26.2 Å². The summed E-state index contributed by atoms with van der Waals surface area (Å²) in [6.45, 7) is 9.60. The second kappa shape index (κ2) is 18.4. The van der Waals surface area contributed by atoms with E-state index in [4.69, 9.17) is 28.4 Å². The standard InChI is InChI=1S/C44H54N2O7/c1-34-44(53-43(2,3)52-34,33-48-29-35-17-9-5-10-18-35)41(51-32-38-23-15-8-16-24-38)39(49-30-36-19-11-6-12-20-36)40(50-31-37-21-13-7-14-22-37)42(47)46-27-25-45(4)26-28-46/h5-24,34,39-41H,25-33H2,1-4H3/t34-,39?,40?,41?,44-/m1/s1. The van der Waals surface area contributed by atoms with E-state index in [1.807, 2.05) is 147 Å². The molecule has 0 bridgehead atoms. The maximum atomic E-state index is 14.9. The lowest BCUT2D eigenvalue weighted by atomic mass is 9.85. The van der Waals surface area contributed by atoms with Gasteiger partial charge in [-0.25, -0.2) is 0 Å². The van der Waals surface area contributed by atoms with Crippen LogP contribution in [0.1, 0.15) is 43.0 Å². The fraction of sp³-hybridized carbons (Fsp3) is 0.432. The summed E-state index contributed by atoms with van der Waals surface area (Å²) in [6.07, 6.45) is -3.37. The zero-order valence-corrected chi connectivity index (χ0v) is 31.5. The SMILES string of the molecule is C[C@H]1OC(C)(C)O[C@@]1(COCc1ccccc1)C(OCc1ccccc1)C(OCc1ccccc1)C(OCc1ccccc1)C(=O)N1CCN(C)CC1. The van der Waals surface area contributed by atoms with Gasteiger partial charge in [-0.15, -0.1) is 0 Å². The molecule has 0 radical (unpaired) electrons. The lowest BCUT2D eigenvalue weighted by Crippen LogP contribution is -2.64. The molecule has 2 fully saturated rings. The van der Waals surface area contributed by atoms with Gasteiger partial charge in [0.2, 0.25) is 0 Å². The van der Waals surface area contributed by atoms with Crippen molar-refractivity contribution in [3.63, 3.8) is 0 Å². The first-order chi connectivity index (χ1) is 25.7. The summed E-state index contributed by atoms with van der Waals surface area (Å²) in [5, 5.41) is 0. The van der Waals surface area contributed by atoms with Gasteiger partial charge in [-0.2, -0.15) is 0 Å². The summed E-state index contributed by atoms with van der Waals surface area (Å²) in [7, 11) is 2.07. The van der Waals surface area contributed by atoms with Crippen molar-refractivity contribution in [3.8, 4) is 0 Å². The Morgan fingerprint density at radius 3 is 1.60 bits per heavy atom. The molecule has 6 rings (SSSR count). The number of benzene rings is 4. The van der Waals surface area contributed by atoms with Crippen LogP contribution < -0.4 is 0 Å². The molecule has 2 heterocycles. The molecule has 9 heteroatoms. The summed E-state index contributed by atoms with van der Waals surface area (Å²) < 4.78 is 40.9. The summed E-state index contributed by atoms with van der Waals surface area (Å²) in [5.41, 5.74) is 2.70. The molecule has 4 aromatic carbocycles. The molecule has 2 aliphatic heterocycles. The Hall–Kier alpha value is -3.93. The highest BCUT2D eigenvalue weighted by Gasteiger charge is 2.61. The molecule has 3 unspecified atom stereocenters. The minimum Gasteiger partial charge on any atom is -0.374 e. The number of nitrogens with zero attached hydrogens (tertiary/aromatic N) is 2. The van der Waals surface area contributed by atoms with Crippen molar-refractivity contribution in [1.29, 1.82) is 0 Å². The van der Waals surface area contributed by atoms with Gasteiger partial charge in [0.25, 0.3) is 5.91 Å². The maximum absolute atomic E-state index is 14.9. The fourth-order valence-corrected chi connectivity index (χ4v) is 7.16. The average Bonchev–Trinajstić information content (AvgIpc) is 3.42. The Morgan fingerprint density at radius 2 is 1.13 bits per heavy atom. The van der Waals surface area contributed by atoms with Gasteiger partial charge < -0.3 is 38.2 Å². The Kier molecular flexibility index (Phi) is 13.5. The first kappa shape index (κ1) is 38.8. The van der Waals surface area contributed by atoms with Gasteiger partial charge in [-0.1, -0.05) is 121 Å². The van der Waals surface area contributed by atoms with E-state index in [0.29, 0.717) is 19.7 Å². The molecule has 0 saturated carbocycles. The van der Waals surface area contributed by atoms with E-state index in [-0.39, 0.29) is 32.3 Å². The molecule has 53 heavy (non-hydrogen) atoms. The highest BCUT2D eigenvalue weighted by molar-refractivity contribution is 5.82. The van der Waals surface area contributed by atoms with Crippen molar-refractivity contribution in [2.24, 2.45) is 0 Å². The number of carbonyl (C=O) groups excluding carboxylic acids is 1. The van der Waals surface area contributed by atoms with Crippen LogP contribution in [0.3, 0.4) is 0 Å². The second-order valence-corrected chi connectivity index (χ2v) is 14.5. The number of ether oxygens (including phenoxy) is 6. The first-order valence-electron chi connectivity index (χ1n) is 18.7. The van der Waals surface area contributed by atoms with Crippen molar-refractivity contribution in [2.75, 3.05) is 39.8 Å². The van der Waals surface area contributed by atoms with E-state index in [1.165, 1.54) is 0 Å². The maximum Gasteiger partial charge on any atom is 0.254 e. The second-order valence-electron chi connectivity index (χ2n) is 14.5. The molecule has 1 amide bonds. The van der Waals surface area contributed by atoms with Crippen LogP contribution in [-0.2, 0) is 59.6 Å². The highest BCUT2D eigenvalue weighted by Crippen LogP contribution is 2.43. The first-order valence-corrected chi connectivity index (χ1v) is 18.7. The van der Waals surface area contributed by atoms with Gasteiger partial charge in [0.15, 0.2) is 11.9 Å². The Balaban J connectivity index is 1.43. The third kappa shape index (κ3) is 10.4. The third-order valence-electron chi connectivity index (χ3n) is 9.99. The number of carbonyl (C=O) groups is 1. The molecule has 5 atom stereocenters. The largest absolute Gasteiger partial charge is 0.374 e. The normalized spacial score (nSPS) is 22.0. The van der Waals surface area contributed by atoms with Gasteiger partial charge in [0.1, 0.15) is 17.8 Å². The third-order valence-corrected chi connectivity index (χ3v) is 9.99. The van der Waals surface area contributed by atoms with Crippen LogP contribution in [0, 0.1) is 0 Å². The van der Waals surface area contributed by atoms with Crippen molar-refractivity contribution in [2.45, 2.75) is 83.0 Å². The Bertz CT molecular complexity index is 1670. The van der Waals surface area contributed by atoms with E-state index in [1.54, 1.807) is 0 Å². The lowest BCUT2D eigenvalue weighted by Gasteiger charge is -2.45. The van der Waals surface area contributed by atoms with Crippen molar-refractivity contribution >= 4 is 5.91 Å². The van der Waals surface area contributed by atoms with Gasteiger partial charge in [0.05, 0.1) is 39.1 Å². The van der Waals surface area contributed by atoms with Gasteiger partial charge in [-0.3, -0.25) is 4.79 Å². The predicted octanol–water partition coefficient (Wildman–Crippen LogP) is 6.64. The number of hydrogen-bond acceptors (Lipinski definition) is 8. The Morgan fingerprint density at radius 1 is 0.679 bits per heavy atom. The molecular weight excluding hydrogens is 668 g/mol. The van der Waals surface area contributed by atoms with Crippen LogP contribution in [0.15, 0.2) is 121 Å². The average molecular weight is 723 g/mol. The molecule has 0 spiro atoms. The van der Waals surface area contributed by atoms with Crippen LogP contribution in [-0.4, -0.2) is 91.3 Å². The van der Waals surface area contributed by atoms with E-state index in [0.717, 1.165) is 35.3 Å². The molecule has 2 aliphatic rings. The Labute approximate surface area is 314 Å². The number of hydrogen-bond donors (Lipinski definition) is 0. The zero-order chi connectivity index (χ0) is 37.1. The smallest absolute Gasteiger partial charge is 0.254 e. The van der Waals surface area contributed by atoms with Crippen molar-refractivity contribution in [1.82, 2.24) is 9.80 Å². The molecule has 2 saturated heterocycles. The van der Waals surface area contributed by atoms with Crippen molar-refractivity contribution < 1.29 is 33.2 Å². The van der Waals surface area contributed by atoms with Gasteiger partial charge >= 0.3 is 0 Å². The van der Waals surface area contributed by atoms with Crippen LogP contribution in [0.25, 0.3) is 0 Å². The molecule has 0 aliphatic carbocycles. The predicted molar refractivity (Wildman–Crippen MR) is 204 cm³/mol. The van der Waals surface area contributed by atoms with Crippen molar-refractivity contribution in [3.05, 3.63) is 144 Å². The minimum absolute atomic E-state index is 0.116. The molecule has 0 aromatic heterocycles. The molecular formula is C44H54N2O7. The molecule has 9 nitrogen and oxygen atoms in total. The van der Waals surface area contributed by atoms with E-state index < -0.39 is 35.8 Å². The van der Waals surface area contributed by atoms with E-state index >= 15 is 0 Å². The number of amides is 1. The number of likely N-dealkylation sites (N-methyl/N-ethyl adjacent to an activating group) is 1. The minimum atomic E-state index is -1.20. The highest BCUT2D eigenvalue weighted by atomic mass is 16.8. The lowest BCUT2D eigenvalue weighted by molar-refractivity contribution is -0.250. The van der Waals surface area contributed by atoms with Crippen LogP contribution in [0.4, 0.5) is 0 Å². The summed E-state index contributed by atoms with van der Waals surface area (Å²) >= 11 is 0. The number of piperazine rings is 1. The van der Waals surface area contributed by atoms with E-state index in [2.05, 4.69) is 11.9 Å². The molecule has 4 aromatic rings. The van der Waals surface area contributed by atoms with Crippen LogP contribution in [0.2, 0.25) is 0 Å². The zero-order valence-electron chi connectivity index (χ0n) is 31.5. The molecule has 282 valence electrons. The van der Waals surface area contributed by atoms with Crippen LogP contribution >= 0.6 is 0 Å². The quantitative estimate of drug-likeness (QED) is 0.120. The number of rotatable bonds is 17. The summed E-state index contributed by atoms with van der Waals surface area (Å²) in [4.78, 5) is 19.0. The van der Waals surface area contributed by atoms with Gasteiger partial charge in [-0.05, 0) is 50.1 Å². The fourth-order valence-electron chi connectivity index (χ4n) is 7.16. The monoisotopic (exact) mass is 722 g/mol. The summed E-state index contributed by atoms with van der Waals surface area (Å²) in [6, 6.07) is 39.9.